The molecule has 0 aliphatic carbocycles. The van der Waals surface area contributed by atoms with Crippen LogP contribution in [0.1, 0.15) is 76.7 Å². The summed E-state index contributed by atoms with van der Waals surface area (Å²) in [5, 5.41) is 4.43. The number of hydrogen-bond acceptors (Lipinski definition) is 2. The molecule has 0 saturated heterocycles. The average Bonchev–Trinajstić information content (AvgIpc) is 3.19. The molecule has 2 heterocycles. The molecule has 0 nitrogen and oxygen atoms in total. The second-order valence-electron chi connectivity index (χ2n) is 6.18. The van der Waals surface area contributed by atoms with Crippen LogP contribution < -0.4 is 0 Å². The first-order valence-corrected chi connectivity index (χ1v) is 10.8. The second kappa shape index (κ2) is 11.0. The maximum Gasteiger partial charge on any atom is 0.0474 e. The summed E-state index contributed by atoms with van der Waals surface area (Å²) in [6.45, 7) is 2.29. The molecule has 0 unspecified atom stereocenters. The van der Waals surface area contributed by atoms with E-state index in [-0.39, 0.29) is 0 Å². The van der Waals surface area contributed by atoms with Crippen molar-refractivity contribution in [3.63, 3.8) is 0 Å². The van der Waals surface area contributed by atoms with E-state index in [2.05, 4.69) is 35.9 Å². The number of unbranched alkanes of at least 4 members (excludes halogenated alkanes) is 9. The smallest absolute Gasteiger partial charge is 0.0474 e. The van der Waals surface area contributed by atoms with Gasteiger partial charge in [0.25, 0.3) is 0 Å². The van der Waals surface area contributed by atoms with Gasteiger partial charge in [-0.3, -0.25) is 0 Å². The van der Waals surface area contributed by atoms with Gasteiger partial charge in [0.2, 0.25) is 0 Å². The van der Waals surface area contributed by atoms with Gasteiger partial charge in [-0.25, -0.2) is 0 Å². The number of rotatable bonds is 12. The lowest BCUT2D eigenvalue weighted by Gasteiger charge is -2.04. The Labute approximate surface area is 144 Å². The standard InChI is InChI=1S/C20H30S2/c1-2-3-4-5-6-7-8-9-10-11-13-18-15-17-22-20(18)19-14-12-16-21-19/h12,14-17H,2-11,13H2,1H3. The van der Waals surface area contributed by atoms with Crippen LogP contribution in [0.25, 0.3) is 9.75 Å². The van der Waals surface area contributed by atoms with Crippen molar-refractivity contribution in [3.05, 3.63) is 34.5 Å². The first-order chi connectivity index (χ1) is 10.9. The maximum absolute atomic E-state index is 2.33. The molecule has 0 aliphatic heterocycles. The predicted octanol–water partition coefficient (Wildman–Crippen LogP) is 7.94. The van der Waals surface area contributed by atoms with Crippen molar-refractivity contribution in [1.29, 1.82) is 0 Å². The zero-order valence-corrected chi connectivity index (χ0v) is 15.6. The van der Waals surface area contributed by atoms with Gasteiger partial charge in [-0.15, -0.1) is 22.7 Å². The molecule has 2 heteroatoms. The lowest BCUT2D eigenvalue weighted by atomic mass is 10.0. The molecule has 0 atom stereocenters. The molecule has 0 bridgehead atoms. The zero-order chi connectivity index (χ0) is 15.5. The second-order valence-corrected chi connectivity index (χ2v) is 8.05. The summed E-state index contributed by atoms with van der Waals surface area (Å²) < 4.78 is 0. The highest BCUT2D eigenvalue weighted by Gasteiger charge is 2.07. The predicted molar refractivity (Wildman–Crippen MR) is 103 cm³/mol. The number of hydrogen-bond donors (Lipinski definition) is 0. The Morgan fingerprint density at radius 3 is 2.05 bits per heavy atom. The third-order valence-corrected chi connectivity index (χ3v) is 6.30. The molecule has 2 aromatic heterocycles. The molecule has 0 N–H and O–H groups in total. The molecule has 0 amide bonds. The first-order valence-electron chi connectivity index (χ1n) is 9.02. The lowest BCUT2D eigenvalue weighted by Crippen LogP contribution is -1.86. The van der Waals surface area contributed by atoms with Crippen LogP contribution in [0.5, 0.6) is 0 Å². The van der Waals surface area contributed by atoms with E-state index in [9.17, 15) is 0 Å². The Morgan fingerprint density at radius 2 is 1.41 bits per heavy atom. The molecule has 0 radical (unpaired) electrons. The minimum atomic E-state index is 1.26. The Hall–Kier alpha value is -0.600. The van der Waals surface area contributed by atoms with Crippen LogP contribution in [-0.2, 0) is 6.42 Å². The quantitative estimate of drug-likeness (QED) is 0.345. The lowest BCUT2D eigenvalue weighted by molar-refractivity contribution is 0.556. The van der Waals surface area contributed by atoms with Gasteiger partial charge >= 0.3 is 0 Å². The summed E-state index contributed by atoms with van der Waals surface area (Å²) in [5.41, 5.74) is 1.56. The Balaban J connectivity index is 1.54. The molecular formula is C20H30S2. The normalized spacial score (nSPS) is 11.1. The van der Waals surface area contributed by atoms with Gasteiger partial charge in [0.1, 0.15) is 0 Å². The summed E-state index contributed by atoms with van der Waals surface area (Å²) in [7, 11) is 0. The van der Waals surface area contributed by atoms with E-state index in [1.54, 1.807) is 5.56 Å². The Bertz CT molecular complexity index is 482. The van der Waals surface area contributed by atoms with E-state index in [0.717, 1.165) is 0 Å². The van der Waals surface area contributed by atoms with E-state index < -0.39 is 0 Å². The van der Waals surface area contributed by atoms with Crippen molar-refractivity contribution < 1.29 is 0 Å². The van der Waals surface area contributed by atoms with Crippen molar-refractivity contribution in [2.75, 3.05) is 0 Å². The molecule has 22 heavy (non-hydrogen) atoms. The van der Waals surface area contributed by atoms with Crippen LogP contribution in [0, 0.1) is 0 Å². The van der Waals surface area contributed by atoms with Crippen molar-refractivity contribution in [1.82, 2.24) is 0 Å². The van der Waals surface area contributed by atoms with Crippen LogP contribution >= 0.6 is 22.7 Å². The van der Waals surface area contributed by atoms with Crippen molar-refractivity contribution in [2.24, 2.45) is 0 Å². The molecule has 0 saturated carbocycles. The van der Waals surface area contributed by atoms with Gasteiger partial charge < -0.3 is 0 Å². The van der Waals surface area contributed by atoms with Crippen LogP contribution in [0.3, 0.4) is 0 Å². The summed E-state index contributed by atoms with van der Waals surface area (Å²) in [4.78, 5) is 2.95. The molecular weight excluding hydrogens is 304 g/mol. The molecule has 0 aliphatic rings. The fourth-order valence-electron chi connectivity index (χ4n) is 2.96. The van der Waals surface area contributed by atoms with Crippen LogP contribution in [0.15, 0.2) is 29.0 Å². The zero-order valence-electron chi connectivity index (χ0n) is 14.0. The summed E-state index contributed by atoms with van der Waals surface area (Å²) >= 11 is 3.76. The Kier molecular flexibility index (Phi) is 8.89. The molecule has 0 aromatic carbocycles. The minimum Gasteiger partial charge on any atom is -0.143 e. The molecule has 122 valence electrons. The summed E-state index contributed by atoms with van der Waals surface area (Å²) in [5.74, 6) is 0. The van der Waals surface area contributed by atoms with Gasteiger partial charge in [0, 0.05) is 9.75 Å². The first kappa shape index (κ1) is 17.7. The maximum atomic E-state index is 2.33. The van der Waals surface area contributed by atoms with Crippen LogP contribution in [0.4, 0.5) is 0 Å². The van der Waals surface area contributed by atoms with E-state index in [1.165, 1.54) is 80.4 Å². The number of aryl methyl sites for hydroxylation is 1. The van der Waals surface area contributed by atoms with Gasteiger partial charge in [-0.1, -0.05) is 70.8 Å². The average molecular weight is 335 g/mol. The van der Waals surface area contributed by atoms with Gasteiger partial charge in [-0.2, -0.15) is 0 Å². The van der Waals surface area contributed by atoms with Crippen LogP contribution in [-0.4, -0.2) is 0 Å². The topological polar surface area (TPSA) is 0 Å². The fraction of sp³-hybridized carbons (Fsp3) is 0.600. The van der Waals surface area contributed by atoms with E-state index in [0.29, 0.717) is 0 Å². The highest BCUT2D eigenvalue weighted by atomic mass is 32.1. The third-order valence-electron chi connectivity index (χ3n) is 4.29. The number of thiophene rings is 2. The Morgan fingerprint density at radius 1 is 0.727 bits per heavy atom. The van der Waals surface area contributed by atoms with Gasteiger partial charge in [-0.05, 0) is 41.3 Å². The van der Waals surface area contributed by atoms with Gasteiger partial charge in [0.05, 0.1) is 0 Å². The molecule has 2 rings (SSSR count). The minimum absolute atomic E-state index is 1.26. The monoisotopic (exact) mass is 334 g/mol. The SMILES string of the molecule is CCCCCCCCCCCCc1ccsc1-c1cccs1. The highest BCUT2D eigenvalue weighted by Crippen LogP contribution is 2.33. The van der Waals surface area contributed by atoms with Gasteiger partial charge in [0.15, 0.2) is 0 Å². The van der Waals surface area contributed by atoms with Crippen molar-refractivity contribution >= 4 is 22.7 Å². The fourth-order valence-corrected chi connectivity index (χ4v) is 4.82. The van der Waals surface area contributed by atoms with E-state index in [4.69, 9.17) is 0 Å². The summed E-state index contributed by atoms with van der Waals surface area (Å²) in [6.07, 6.45) is 15.4. The highest BCUT2D eigenvalue weighted by molar-refractivity contribution is 7.20. The van der Waals surface area contributed by atoms with Crippen LogP contribution in [0.2, 0.25) is 0 Å². The molecule has 2 aromatic rings. The third kappa shape index (κ3) is 6.26. The van der Waals surface area contributed by atoms with Crippen molar-refractivity contribution in [2.45, 2.75) is 77.6 Å². The largest absolute Gasteiger partial charge is 0.143 e. The van der Waals surface area contributed by atoms with E-state index >= 15 is 0 Å². The van der Waals surface area contributed by atoms with E-state index in [1.807, 2.05) is 22.7 Å². The molecule has 0 spiro atoms. The van der Waals surface area contributed by atoms with Crippen molar-refractivity contribution in [3.8, 4) is 9.75 Å². The summed E-state index contributed by atoms with van der Waals surface area (Å²) in [6, 6.07) is 6.73. The molecule has 0 fully saturated rings.